The number of carbonyl (C=O) groups is 1. The third-order valence-corrected chi connectivity index (χ3v) is 3.58. The summed E-state index contributed by atoms with van der Waals surface area (Å²) in [5.41, 5.74) is 0.687. The number of halogens is 2. The lowest BCUT2D eigenvalue weighted by Gasteiger charge is -2.06. The Morgan fingerprint density at radius 3 is 2.81 bits per heavy atom. The Morgan fingerprint density at radius 2 is 2.10 bits per heavy atom. The normalized spacial score (nSPS) is 20.3. The van der Waals surface area contributed by atoms with E-state index in [1.54, 1.807) is 13.2 Å². The number of nitrogens with one attached hydrogen (secondary N) is 2. The van der Waals surface area contributed by atoms with Crippen molar-refractivity contribution in [1.82, 2.24) is 10.6 Å². The molecule has 2 atom stereocenters. The summed E-state index contributed by atoms with van der Waals surface area (Å²) in [5, 5.41) is 5.96. The summed E-state index contributed by atoms with van der Waals surface area (Å²) in [6.07, 6.45) is 0.689. The van der Waals surface area contributed by atoms with E-state index in [9.17, 15) is 13.6 Å². The fourth-order valence-corrected chi connectivity index (χ4v) is 2.30. The molecule has 0 bridgehead atoms. The van der Waals surface area contributed by atoms with E-state index in [-0.39, 0.29) is 17.7 Å². The molecule has 1 aliphatic rings. The predicted molar refractivity (Wildman–Crippen MR) is 75.0 cm³/mol. The van der Waals surface area contributed by atoms with E-state index in [1.807, 2.05) is 0 Å². The average molecular weight is 298 g/mol. The van der Waals surface area contributed by atoms with Gasteiger partial charge >= 0.3 is 0 Å². The van der Waals surface area contributed by atoms with Gasteiger partial charge in [-0.2, -0.15) is 0 Å². The van der Waals surface area contributed by atoms with Crippen molar-refractivity contribution in [1.29, 1.82) is 0 Å². The molecule has 2 rings (SSSR count). The first-order valence-electron chi connectivity index (χ1n) is 7.05. The highest BCUT2D eigenvalue weighted by Gasteiger charge is 2.43. The number of amides is 1. The zero-order valence-corrected chi connectivity index (χ0v) is 12.0. The van der Waals surface area contributed by atoms with Crippen molar-refractivity contribution >= 4 is 5.91 Å². The molecule has 1 aromatic carbocycles. The Hall–Kier alpha value is -1.53. The molecule has 1 aliphatic carbocycles. The zero-order valence-electron chi connectivity index (χ0n) is 12.0. The van der Waals surface area contributed by atoms with Gasteiger partial charge in [0.05, 0.1) is 6.61 Å². The van der Waals surface area contributed by atoms with Crippen LogP contribution in [0, 0.1) is 17.6 Å². The highest BCUT2D eigenvalue weighted by molar-refractivity contribution is 5.82. The van der Waals surface area contributed by atoms with Gasteiger partial charge < -0.3 is 15.4 Å². The van der Waals surface area contributed by atoms with Crippen LogP contribution in [0.4, 0.5) is 8.78 Å². The van der Waals surface area contributed by atoms with Gasteiger partial charge in [-0.3, -0.25) is 4.79 Å². The van der Waals surface area contributed by atoms with Gasteiger partial charge in [-0.25, -0.2) is 8.78 Å². The van der Waals surface area contributed by atoms with Crippen LogP contribution in [-0.4, -0.2) is 39.3 Å². The van der Waals surface area contributed by atoms with Gasteiger partial charge in [-0.1, -0.05) is 6.07 Å². The highest BCUT2D eigenvalue weighted by Crippen LogP contribution is 2.47. The van der Waals surface area contributed by atoms with Crippen LogP contribution >= 0.6 is 0 Å². The van der Waals surface area contributed by atoms with E-state index in [4.69, 9.17) is 4.74 Å². The molecule has 0 saturated heterocycles. The van der Waals surface area contributed by atoms with Gasteiger partial charge in [-0.15, -0.1) is 0 Å². The molecule has 0 radical (unpaired) electrons. The van der Waals surface area contributed by atoms with E-state index in [1.165, 1.54) is 6.07 Å². The van der Waals surface area contributed by atoms with Gasteiger partial charge in [0.2, 0.25) is 5.91 Å². The molecule has 116 valence electrons. The van der Waals surface area contributed by atoms with Crippen LogP contribution in [0.1, 0.15) is 17.9 Å². The third-order valence-electron chi connectivity index (χ3n) is 3.58. The monoisotopic (exact) mass is 298 g/mol. The van der Waals surface area contributed by atoms with Crippen LogP contribution in [0.3, 0.4) is 0 Å². The molecule has 1 fully saturated rings. The standard InChI is InChI=1S/C15H20F2N2O2/c1-21-7-6-18-4-5-19-15(20)12-9-11(12)10-2-3-13(16)14(17)8-10/h2-3,8,11-12,18H,4-7,9H2,1H3,(H,19,20). The van der Waals surface area contributed by atoms with Crippen molar-refractivity contribution in [2.24, 2.45) is 5.92 Å². The maximum atomic E-state index is 13.2. The van der Waals surface area contributed by atoms with E-state index in [0.717, 1.165) is 12.6 Å². The van der Waals surface area contributed by atoms with Crippen molar-refractivity contribution in [3.8, 4) is 0 Å². The summed E-state index contributed by atoms with van der Waals surface area (Å²) in [5.74, 6) is -1.88. The summed E-state index contributed by atoms with van der Waals surface area (Å²) < 4.78 is 30.9. The first kappa shape index (κ1) is 15.9. The fraction of sp³-hybridized carbons (Fsp3) is 0.533. The highest BCUT2D eigenvalue weighted by atomic mass is 19.2. The lowest BCUT2D eigenvalue weighted by molar-refractivity contribution is -0.122. The molecule has 0 heterocycles. The number of hydrogen-bond donors (Lipinski definition) is 2. The number of methoxy groups -OCH3 is 1. The molecular weight excluding hydrogens is 278 g/mol. The minimum Gasteiger partial charge on any atom is -0.383 e. The Morgan fingerprint density at radius 1 is 1.29 bits per heavy atom. The van der Waals surface area contributed by atoms with Crippen LogP contribution in [0.2, 0.25) is 0 Å². The summed E-state index contributed by atoms with van der Waals surface area (Å²) >= 11 is 0. The smallest absolute Gasteiger partial charge is 0.223 e. The summed E-state index contributed by atoms with van der Waals surface area (Å²) in [6.45, 7) is 2.60. The molecule has 2 unspecified atom stereocenters. The van der Waals surface area contributed by atoms with E-state index in [2.05, 4.69) is 10.6 Å². The van der Waals surface area contributed by atoms with Crippen molar-refractivity contribution in [3.05, 3.63) is 35.4 Å². The SMILES string of the molecule is COCCNCCNC(=O)C1CC1c1ccc(F)c(F)c1. The molecule has 0 aromatic heterocycles. The largest absolute Gasteiger partial charge is 0.383 e. The molecule has 1 saturated carbocycles. The van der Waals surface area contributed by atoms with Crippen LogP contribution in [-0.2, 0) is 9.53 Å². The minimum atomic E-state index is -0.860. The molecule has 1 amide bonds. The third kappa shape index (κ3) is 4.47. The lowest BCUT2D eigenvalue weighted by atomic mass is 10.1. The maximum absolute atomic E-state index is 13.2. The lowest BCUT2D eigenvalue weighted by Crippen LogP contribution is -2.34. The Labute approximate surface area is 122 Å². The zero-order chi connectivity index (χ0) is 15.2. The van der Waals surface area contributed by atoms with Crippen molar-refractivity contribution < 1.29 is 18.3 Å². The molecule has 2 N–H and O–H groups in total. The minimum absolute atomic E-state index is 0.00144. The second kappa shape index (κ2) is 7.47. The number of rotatable bonds is 8. The van der Waals surface area contributed by atoms with Gasteiger partial charge in [0.15, 0.2) is 11.6 Å². The summed E-state index contributed by atoms with van der Waals surface area (Å²) in [4.78, 5) is 11.9. The van der Waals surface area contributed by atoms with Crippen molar-refractivity contribution in [2.45, 2.75) is 12.3 Å². The number of ether oxygens (including phenoxy) is 1. The first-order valence-corrected chi connectivity index (χ1v) is 7.05. The first-order chi connectivity index (χ1) is 10.1. The van der Waals surface area contributed by atoms with E-state index >= 15 is 0 Å². The van der Waals surface area contributed by atoms with Crippen molar-refractivity contribution in [3.63, 3.8) is 0 Å². The van der Waals surface area contributed by atoms with Gasteiger partial charge in [0, 0.05) is 32.7 Å². The molecule has 21 heavy (non-hydrogen) atoms. The Kier molecular flexibility index (Phi) is 5.64. The molecule has 0 aliphatic heterocycles. The average Bonchev–Trinajstić information content (AvgIpc) is 3.26. The summed E-state index contributed by atoms with van der Waals surface area (Å²) in [6, 6.07) is 3.83. The van der Waals surface area contributed by atoms with E-state index < -0.39 is 11.6 Å². The molecular formula is C15H20F2N2O2. The number of hydrogen-bond acceptors (Lipinski definition) is 3. The predicted octanol–water partition coefficient (Wildman–Crippen LogP) is 1.42. The van der Waals surface area contributed by atoms with E-state index in [0.29, 0.717) is 31.7 Å². The van der Waals surface area contributed by atoms with Gasteiger partial charge in [0.25, 0.3) is 0 Å². The second-order valence-electron chi connectivity index (χ2n) is 5.16. The number of benzene rings is 1. The molecule has 6 heteroatoms. The number of carbonyl (C=O) groups excluding carboxylic acids is 1. The van der Waals surface area contributed by atoms with Crippen LogP contribution < -0.4 is 10.6 Å². The van der Waals surface area contributed by atoms with Gasteiger partial charge in [-0.05, 0) is 30.0 Å². The topological polar surface area (TPSA) is 50.4 Å². The van der Waals surface area contributed by atoms with Crippen LogP contribution in [0.15, 0.2) is 18.2 Å². The van der Waals surface area contributed by atoms with Gasteiger partial charge in [0.1, 0.15) is 0 Å². The van der Waals surface area contributed by atoms with Crippen molar-refractivity contribution in [2.75, 3.05) is 33.4 Å². The fourth-order valence-electron chi connectivity index (χ4n) is 2.30. The Bertz CT molecular complexity index is 497. The quantitative estimate of drug-likeness (QED) is 0.714. The molecule has 0 spiro atoms. The second-order valence-corrected chi connectivity index (χ2v) is 5.16. The van der Waals surface area contributed by atoms with Crippen LogP contribution in [0.5, 0.6) is 0 Å². The molecule has 1 aromatic rings. The van der Waals surface area contributed by atoms with Crippen LogP contribution in [0.25, 0.3) is 0 Å². The maximum Gasteiger partial charge on any atom is 0.223 e. The Balaban J connectivity index is 1.70. The summed E-state index contributed by atoms with van der Waals surface area (Å²) in [7, 11) is 1.63. The molecule has 4 nitrogen and oxygen atoms in total.